The maximum absolute atomic E-state index is 9.23. The van der Waals surface area contributed by atoms with Crippen molar-refractivity contribution in [2.45, 2.75) is 91.5 Å². The van der Waals surface area contributed by atoms with E-state index in [0.717, 1.165) is 19.3 Å². The molecule has 0 heterocycles. The molecule has 0 aromatic rings. The zero-order chi connectivity index (χ0) is 51.4. The summed E-state index contributed by atoms with van der Waals surface area (Å²) < 4.78 is 32.5. The number of hydrogen-bond donors (Lipinski definition) is 15. The number of hydrogen-bond acceptors (Lipinski definition) is 22. The van der Waals surface area contributed by atoms with E-state index in [-0.39, 0.29) is 620 Å². The Hall–Kier alpha value is 15.7. The molecule has 0 aliphatic carbocycles. The van der Waals surface area contributed by atoms with Gasteiger partial charge in [-0.2, -0.15) is 0 Å². The maximum Gasteiger partial charge on any atom is 0.0771 e. The average Bonchev–Trinajstić information content (AvgIpc) is 3.31. The summed E-state index contributed by atoms with van der Waals surface area (Å²) in [5, 5.41) is 130. The Bertz CT molecular complexity index is 879. The summed E-state index contributed by atoms with van der Waals surface area (Å²) in [6, 6.07) is 0. The molecule has 3 atom stereocenters. The van der Waals surface area contributed by atoms with Crippen molar-refractivity contribution in [2.75, 3.05) is 178 Å². The van der Waals surface area contributed by atoms with Crippen LogP contribution in [0.2, 0.25) is 0 Å². The molecule has 0 amide bonds. The van der Waals surface area contributed by atoms with E-state index in [1.54, 1.807) is 18.7 Å². The Morgan fingerprint density at radius 2 is 0.580 bits per heavy atom. The molecule has 0 aliphatic heterocycles. The van der Waals surface area contributed by atoms with Gasteiger partial charge in [0.2, 0.25) is 0 Å². The minimum Gasteiger partial charge on any atom is -0.396 e. The molecule has 37 heteroatoms. The van der Waals surface area contributed by atoms with E-state index in [0.29, 0.717) is 78.5 Å². The summed E-state index contributed by atoms with van der Waals surface area (Å²) in [4.78, 5) is 1.79. The second kappa shape index (κ2) is 120. The Kier molecular flexibility index (Phi) is 222. The largest absolute Gasteiger partial charge is 0.396 e. The third kappa shape index (κ3) is 109. The topological polar surface area (TPSA) is 362 Å². The van der Waals surface area contributed by atoms with Crippen LogP contribution in [0.15, 0.2) is 0 Å². The molecule has 0 saturated heterocycles. The van der Waals surface area contributed by atoms with Crippen LogP contribution in [0, 0.1) is 16.2 Å². The average molecular weight is 2310 g/mol. The van der Waals surface area contributed by atoms with Crippen LogP contribution in [-0.2, 0) is 519 Å². The summed E-state index contributed by atoms with van der Waals surface area (Å²) in [6.07, 6.45) is 2.59. The number of aliphatic hydroxyl groups excluding tert-OH is 15. The van der Waals surface area contributed by atoms with Gasteiger partial charge in [-0.25, -0.2) is 0 Å². The van der Waals surface area contributed by atoms with Crippen LogP contribution >= 0.6 is 0 Å². The van der Waals surface area contributed by atoms with Crippen LogP contribution in [-0.4, -0.2) is 278 Å². The molecule has 0 aliphatic rings. The molecule has 0 bridgehead atoms. The van der Waals surface area contributed by atoms with E-state index in [9.17, 15) is 10.2 Å². The van der Waals surface area contributed by atoms with Crippen LogP contribution in [0.1, 0.15) is 73.1 Å². The molecule has 0 aromatic heterocycles. The van der Waals surface area contributed by atoms with Crippen LogP contribution in [0.25, 0.3) is 0 Å². The van der Waals surface area contributed by atoms with Crippen LogP contribution in [0.4, 0.5) is 0 Å². The fourth-order valence-corrected chi connectivity index (χ4v) is 5.00. The first kappa shape index (κ1) is 151. The number of aliphatic hydroxyl groups is 15. The van der Waals surface area contributed by atoms with Gasteiger partial charge in [-0.05, 0) is 52.4 Å². The molecular weight excluding hydrogens is 2210 g/mol. The first-order valence-corrected chi connectivity index (χ1v) is 23.1. The third-order valence-electron chi connectivity index (χ3n) is 9.77. The van der Waals surface area contributed by atoms with Gasteiger partial charge in [0.15, 0.2) is 0 Å². The smallest absolute Gasteiger partial charge is 0.0771 e. The van der Waals surface area contributed by atoms with Crippen LogP contribution < -0.4 is 0 Å². The van der Waals surface area contributed by atoms with Crippen molar-refractivity contribution in [1.29, 1.82) is 0 Å². The van der Waals surface area contributed by atoms with Gasteiger partial charge < -0.3 is 105 Å². The predicted octanol–water partition coefficient (Wildman–Crippen LogP) is -3.31. The van der Waals surface area contributed by atoms with Crippen molar-refractivity contribution in [3.8, 4) is 0 Å². The molecule has 15 radical (unpaired) electrons. The van der Waals surface area contributed by atoms with Gasteiger partial charge in [0, 0.05) is 533 Å². The second-order valence-electron chi connectivity index (χ2n) is 15.9. The zero-order valence-electron chi connectivity index (χ0n) is 49.8. The van der Waals surface area contributed by atoms with E-state index in [4.69, 9.17) is 94.8 Å². The SMILES string of the molecule is CCC(CO)(CO)CO.CCC(COCCO)(COCC(C)O)COCC(C)O.CCC(COCCO)(COCCO)COCCO.OCCCCC(O)CO.OCCN(CCO)CCO.[Y].[Y].[Y].[Y].[Y].[Y].[Y].[Y].[Y].[Y].[Y].[Y].[Y].[Y].[Y]. The summed E-state index contributed by atoms with van der Waals surface area (Å²) in [5.41, 5.74) is -1.31. The van der Waals surface area contributed by atoms with Crippen molar-refractivity contribution >= 4 is 0 Å². The van der Waals surface area contributed by atoms with Gasteiger partial charge in [0.1, 0.15) is 0 Å². The van der Waals surface area contributed by atoms with E-state index < -0.39 is 23.7 Å². The zero-order valence-corrected chi connectivity index (χ0v) is 92.4. The maximum atomic E-state index is 9.23. The van der Waals surface area contributed by atoms with Crippen LogP contribution in [0.5, 0.6) is 0 Å². The molecule has 0 fully saturated rings. The molecule has 81 heavy (non-hydrogen) atoms. The van der Waals surface area contributed by atoms with Gasteiger partial charge in [-0.1, -0.05) is 20.8 Å². The molecule has 3 unspecified atom stereocenters. The summed E-state index contributed by atoms with van der Waals surface area (Å²) >= 11 is 0. The van der Waals surface area contributed by atoms with Crippen molar-refractivity contribution in [3.05, 3.63) is 0 Å². The molecule has 0 saturated carbocycles. The number of nitrogens with zero attached hydrogens (tertiary/aromatic N) is 1. The monoisotopic (exact) mass is 2310 g/mol. The van der Waals surface area contributed by atoms with Gasteiger partial charge >= 0.3 is 0 Å². The minimum atomic E-state index is -0.667. The van der Waals surface area contributed by atoms with Crippen molar-refractivity contribution in [1.82, 2.24) is 4.90 Å². The van der Waals surface area contributed by atoms with Gasteiger partial charge in [0.05, 0.1) is 170 Å². The van der Waals surface area contributed by atoms with Crippen LogP contribution in [0.3, 0.4) is 0 Å². The predicted molar refractivity (Wildman–Crippen MR) is 248 cm³/mol. The van der Waals surface area contributed by atoms with Crippen molar-refractivity contribution in [2.24, 2.45) is 16.2 Å². The molecule has 0 rings (SSSR count). The second-order valence-corrected chi connectivity index (χ2v) is 15.9. The van der Waals surface area contributed by atoms with Gasteiger partial charge in [-0.15, -0.1) is 0 Å². The molecular formula is C44H99NO21Y15. The van der Waals surface area contributed by atoms with Gasteiger partial charge in [0.25, 0.3) is 0 Å². The van der Waals surface area contributed by atoms with E-state index in [2.05, 4.69) is 0 Å². The van der Waals surface area contributed by atoms with Crippen molar-refractivity contribution < 1.29 is 596 Å². The summed E-state index contributed by atoms with van der Waals surface area (Å²) in [7, 11) is 0. The summed E-state index contributed by atoms with van der Waals surface area (Å²) in [6.45, 7) is 14.5. The fraction of sp³-hybridized carbons (Fsp3) is 1.00. The van der Waals surface area contributed by atoms with Gasteiger partial charge in [-0.3, -0.25) is 4.90 Å². The number of rotatable bonds is 41. The van der Waals surface area contributed by atoms with Crippen molar-refractivity contribution in [3.63, 3.8) is 0 Å². The Balaban J connectivity index is -0.0000000315. The van der Waals surface area contributed by atoms with E-state index in [1.807, 2.05) is 20.8 Å². The standard InChI is InChI=1S/C14H30O6.C12H26O6.C6H15NO3.2C6H14O3.15Y/c1-4-14(9-18-6-5-15,10-19-7-12(2)16)11-20-8-13(3)17;1-2-12(9-16-6-3-13,10-17-7-4-14)11-18-8-5-15;8-4-1-7(2-5-9)3-6-10;1-2-6(3-7,4-8)5-9;7-4-2-1-3-6(9)5-8;;;;;;;;;;;;;;;/h12-13,15-17H,4-11H2,1-3H3;13-15H,2-11H2,1H3;8-10H,1-6H2;7-9H,2-5H2,1H3;6-9H,1-5H2;;;;;;;;;;;;;;;. The third-order valence-corrected chi connectivity index (χ3v) is 9.77. The number of ether oxygens (including phenoxy) is 6. The molecule has 22 nitrogen and oxygen atoms in total. The first-order chi connectivity index (χ1) is 31.6. The van der Waals surface area contributed by atoms with E-state index >= 15 is 0 Å². The number of unbranched alkanes of at least 4 members (excludes halogenated alkanes) is 1. The molecule has 0 spiro atoms. The minimum absolute atomic E-state index is 0. The Labute approximate surface area is 866 Å². The normalized spacial score (nSPS) is 11.2. The quantitative estimate of drug-likeness (QED) is 0.0267. The van der Waals surface area contributed by atoms with E-state index in [1.165, 1.54) is 0 Å². The Morgan fingerprint density at radius 3 is 0.741 bits per heavy atom. The fourth-order valence-electron chi connectivity index (χ4n) is 5.00. The molecule has 0 aromatic carbocycles. The first-order valence-electron chi connectivity index (χ1n) is 23.1. The molecule has 15 N–H and O–H groups in total. The summed E-state index contributed by atoms with van der Waals surface area (Å²) in [5.74, 6) is 0. The Morgan fingerprint density at radius 1 is 0.333 bits per heavy atom. The molecule has 451 valence electrons.